The number of fused-ring (bicyclic) bond motifs is 2. The molecule has 1 aliphatic heterocycles. The zero-order chi connectivity index (χ0) is 14.4. The average Bonchev–Trinajstić information content (AvgIpc) is 3.04. The van der Waals surface area contributed by atoms with Gasteiger partial charge in [-0.15, -0.1) is 0 Å². The highest BCUT2D eigenvalue weighted by molar-refractivity contribution is 6.34. The molecule has 2 heterocycles. The Balaban J connectivity index is 1.85. The Morgan fingerprint density at radius 2 is 2.05 bits per heavy atom. The quantitative estimate of drug-likeness (QED) is 0.672. The van der Waals surface area contributed by atoms with Crippen LogP contribution in [0.3, 0.4) is 0 Å². The first kappa shape index (κ1) is 11.8. The minimum absolute atomic E-state index is 0.222. The van der Waals surface area contributed by atoms with Crippen LogP contribution in [0, 0.1) is 5.82 Å². The number of aromatic amines is 1. The molecule has 21 heavy (non-hydrogen) atoms. The Morgan fingerprint density at radius 1 is 1.14 bits per heavy atom. The van der Waals surface area contributed by atoms with E-state index in [4.69, 9.17) is 0 Å². The first-order chi connectivity index (χ1) is 10.2. The van der Waals surface area contributed by atoms with Crippen LogP contribution in [0.5, 0.6) is 0 Å². The van der Waals surface area contributed by atoms with Crippen molar-refractivity contribution < 1.29 is 9.18 Å². The van der Waals surface area contributed by atoms with Gasteiger partial charge in [-0.2, -0.15) is 5.10 Å². The highest BCUT2D eigenvalue weighted by Crippen LogP contribution is 2.33. The van der Waals surface area contributed by atoms with E-state index in [1.54, 1.807) is 18.3 Å². The van der Waals surface area contributed by atoms with Gasteiger partial charge >= 0.3 is 0 Å². The second kappa shape index (κ2) is 4.28. The summed E-state index contributed by atoms with van der Waals surface area (Å²) in [4.78, 5) is 12.0. The van der Waals surface area contributed by atoms with Crippen LogP contribution in [-0.4, -0.2) is 16.1 Å². The Bertz CT molecular complexity index is 911. The number of rotatable bonds is 1. The summed E-state index contributed by atoms with van der Waals surface area (Å²) in [6.07, 6.45) is 3.49. The molecule has 5 heteroatoms. The fraction of sp³-hybridized carbons (Fsp3) is 0. The first-order valence-corrected chi connectivity index (χ1v) is 6.47. The molecule has 0 atom stereocenters. The van der Waals surface area contributed by atoms with Crippen LogP contribution < -0.4 is 5.32 Å². The largest absolute Gasteiger partial charge is 0.321 e. The average molecular weight is 279 g/mol. The van der Waals surface area contributed by atoms with Gasteiger partial charge in [-0.1, -0.05) is 12.1 Å². The lowest BCUT2D eigenvalue weighted by Gasteiger charge is -1.99. The van der Waals surface area contributed by atoms with Crippen LogP contribution in [0.15, 0.2) is 42.6 Å². The van der Waals surface area contributed by atoms with Crippen molar-refractivity contribution in [2.45, 2.75) is 0 Å². The number of carbonyl (C=O) groups is 1. The van der Waals surface area contributed by atoms with Crippen LogP contribution in [-0.2, 0) is 4.79 Å². The Morgan fingerprint density at radius 3 is 2.95 bits per heavy atom. The number of halogens is 1. The predicted octanol–water partition coefficient (Wildman–Crippen LogP) is 3.19. The summed E-state index contributed by atoms with van der Waals surface area (Å²) in [5.74, 6) is -0.583. The molecular formula is C16H10FN3O. The van der Waals surface area contributed by atoms with Crippen molar-refractivity contribution in [1.82, 2.24) is 10.2 Å². The van der Waals surface area contributed by atoms with Crippen molar-refractivity contribution in [2.24, 2.45) is 0 Å². The summed E-state index contributed by atoms with van der Waals surface area (Å²) < 4.78 is 13.4. The van der Waals surface area contributed by atoms with E-state index in [1.165, 1.54) is 12.1 Å². The van der Waals surface area contributed by atoms with Gasteiger partial charge in [0.2, 0.25) is 0 Å². The lowest BCUT2D eigenvalue weighted by atomic mass is 10.0. The maximum Gasteiger partial charge on any atom is 0.256 e. The zero-order valence-corrected chi connectivity index (χ0v) is 10.9. The molecule has 0 saturated heterocycles. The van der Waals surface area contributed by atoms with Crippen molar-refractivity contribution >= 4 is 34.1 Å². The summed E-state index contributed by atoms with van der Waals surface area (Å²) in [6.45, 7) is 0. The normalized spacial score (nSPS) is 15.5. The van der Waals surface area contributed by atoms with Crippen LogP contribution in [0.1, 0.15) is 11.1 Å². The van der Waals surface area contributed by atoms with Crippen LogP contribution in [0.4, 0.5) is 10.1 Å². The Kier molecular flexibility index (Phi) is 2.41. The number of benzene rings is 2. The molecule has 2 aromatic carbocycles. The van der Waals surface area contributed by atoms with E-state index in [2.05, 4.69) is 15.5 Å². The topological polar surface area (TPSA) is 57.8 Å². The van der Waals surface area contributed by atoms with Gasteiger partial charge in [0.25, 0.3) is 5.91 Å². The van der Waals surface area contributed by atoms with Crippen molar-refractivity contribution in [3.05, 3.63) is 59.5 Å². The number of amides is 1. The minimum Gasteiger partial charge on any atom is -0.321 e. The fourth-order valence-corrected chi connectivity index (χ4v) is 2.51. The number of hydrogen-bond acceptors (Lipinski definition) is 2. The standard InChI is InChI=1S/C16H10FN3O/c17-11-3-4-14-12(7-11)13(16(21)19-14)5-9-1-2-10-8-18-20-15(10)6-9/h1-8H,(H,18,20)(H,19,21). The number of H-pyrrole nitrogens is 1. The number of aromatic nitrogens is 2. The summed E-state index contributed by atoms with van der Waals surface area (Å²) in [6, 6.07) is 9.99. The van der Waals surface area contributed by atoms with Crippen molar-refractivity contribution in [3.63, 3.8) is 0 Å². The number of anilines is 1. The molecule has 0 spiro atoms. The Labute approximate surface area is 119 Å². The molecule has 1 aliphatic rings. The van der Waals surface area contributed by atoms with E-state index < -0.39 is 0 Å². The number of nitrogens with zero attached hydrogens (tertiary/aromatic N) is 1. The second-order valence-electron chi connectivity index (χ2n) is 4.92. The van der Waals surface area contributed by atoms with E-state index in [0.29, 0.717) is 16.8 Å². The van der Waals surface area contributed by atoms with Gasteiger partial charge in [0.1, 0.15) is 5.82 Å². The minimum atomic E-state index is -0.361. The summed E-state index contributed by atoms with van der Waals surface area (Å²) in [5.41, 5.74) is 3.43. The third kappa shape index (κ3) is 1.90. The third-order valence-corrected chi connectivity index (χ3v) is 3.54. The van der Waals surface area contributed by atoms with Gasteiger partial charge in [0, 0.05) is 22.2 Å². The van der Waals surface area contributed by atoms with Gasteiger partial charge in [-0.3, -0.25) is 9.89 Å². The maximum absolute atomic E-state index is 13.4. The molecule has 0 saturated carbocycles. The molecule has 1 amide bonds. The molecule has 0 bridgehead atoms. The summed E-state index contributed by atoms with van der Waals surface area (Å²) in [5, 5.41) is 10.6. The van der Waals surface area contributed by atoms with Crippen molar-refractivity contribution in [2.75, 3.05) is 5.32 Å². The molecule has 0 aliphatic carbocycles. The lowest BCUT2D eigenvalue weighted by Crippen LogP contribution is -2.03. The molecule has 0 fully saturated rings. The van der Waals surface area contributed by atoms with Gasteiger partial charge in [0.15, 0.2) is 0 Å². The van der Waals surface area contributed by atoms with Crippen LogP contribution >= 0.6 is 0 Å². The van der Waals surface area contributed by atoms with E-state index in [-0.39, 0.29) is 11.7 Å². The number of nitrogens with one attached hydrogen (secondary N) is 2. The fourth-order valence-electron chi connectivity index (χ4n) is 2.51. The van der Waals surface area contributed by atoms with Gasteiger partial charge in [-0.25, -0.2) is 4.39 Å². The molecular weight excluding hydrogens is 269 g/mol. The van der Waals surface area contributed by atoms with Crippen molar-refractivity contribution in [1.29, 1.82) is 0 Å². The van der Waals surface area contributed by atoms with E-state index in [0.717, 1.165) is 16.5 Å². The number of carbonyl (C=O) groups excluding carboxylic acids is 1. The van der Waals surface area contributed by atoms with Crippen LogP contribution in [0.2, 0.25) is 0 Å². The van der Waals surface area contributed by atoms with Crippen LogP contribution in [0.25, 0.3) is 22.6 Å². The monoisotopic (exact) mass is 279 g/mol. The highest BCUT2D eigenvalue weighted by atomic mass is 19.1. The third-order valence-electron chi connectivity index (χ3n) is 3.54. The van der Waals surface area contributed by atoms with E-state index >= 15 is 0 Å². The molecule has 2 N–H and O–H groups in total. The van der Waals surface area contributed by atoms with E-state index in [1.807, 2.05) is 18.2 Å². The summed E-state index contributed by atoms with van der Waals surface area (Å²) in [7, 11) is 0. The smallest absolute Gasteiger partial charge is 0.256 e. The van der Waals surface area contributed by atoms with Gasteiger partial charge < -0.3 is 5.32 Å². The molecule has 3 aromatic rings. The highest BCUT2D eigenvalue weighted by Gasteiger charge is 2.24. The predicted molar refractivity (Wildman–Crippen MR) is 79.0 cm³/mol. The Hall–Kier alpha value is -2.95. The maximum atomic E-state index is 13.4. The molecule has 4 rings (SSSR count). The van der Waals surface area contributed by atoms with Gasteiger partial charge in [-0.05, 0) is 35.9 Å². The first-order valence-electron chi connectivity index (χ1n) is 6.47. The van der Waals surface area contributed by atoms with Crippen molar-refractivity contribution in [3.8, 4) is 0 Å². The molecule has 0 unspecified atom stereocenters. The molecule has 1 aromatic heterocycles. The zero-order valence-electron chi connectivity index (χ0n) is 10.9. The van der Waals surface area contributed by atoms with Gasteiger partial charge in [0.05, 0.1) is 11.7 Å². The summed E-state index contributed by atoms with van der Waals surface area (Å²) >= 11 is 0. The molecule has 4 nitrogen and oxygen atoms in total. The van der Waals surface area contributed by atoms with E-state index in [9.17, 15) is 9.18 Å². The lowest BCUT2D eigenvalue weighted by molar-refractivity contribution is -0.110. The molecule has 102 valence electrons. The SMILES string of the molecule is O=C1Nc2ccc(F)cc2C1=Cc1ccc2cn[nH]c2c1. The molecule has 0 radical (unpaired) electrons. The second-order valence-corrected chi connectivity index (χ2v) is 4.92. The number of hydrogen-bond donors (Lipinski definition) is 2.